The molecule has 160 valence electrons. The Labute approximate surface area is 178 Å². The summed E-state index contributed by atoms with van der Waals surface area (Å²) in [6.45, 7) is 17.3. The SMILES string of the molecule is C=CC.CC.CC/C(C)=C/Oc1cc(C)cc(-c2ccc(C(F)(F)P)cc2)c1C. The highest BCUT2D eigenvalue weighted by Gasteiger charge is 2.24. The Hall–Kier alpha value is -1.99. The first-order chi connectivity index (χ1) is 13.6. The van der Waals surface area contributed by atoms with E-state index in [9.17, 15) is 8.78 Å². The predicted molar refractivity (Wildman–Crippen MR) is 127 cm³/mol. The van der Waals surface area contributed by atoms with Crippen LogP contribution in [0.15, 0.2) is 60.9 Å². The van der Waals surface area contributed by atoms with Crippen LogP contribution in [-0.4, -0.2) is 0 Å². The van der Waals surface area contributed by atoms with E-state index in [2.05, 4.69) is 13.5 Å². The lowest BCUT2D eigenvalue weighted by atomic mass is 9.97. The third-order valence-electron chi connectivity index (χ3n) is 4.03. The van der Waals surface area contributed by atoms with E-state index < -0.39 is 5.66 Å². The Bertz CT molecular complexity index is 788. The van der Waals surface area contributed by atoms with E-state index in [0.717, 1.165) is 40.0 Å². The van der Waals surface area contributed by atoms with Gasteiger partial charge in [0.2, 0.25) is 0 Å². The summed E-state index contributed by atoms with van der Waals surface area (Å²) in [7, 11) is 1.57. The highest BCUT2D eigenvalue weighted by Crippen LogP contribution is 2.37. The zero-order valence-electron chi connectivity index (χ0n) is 18.8. The van der Waals surface area contributed by atoms with Gasteiger partial charge in [-0.3, -0.25) is 0 Å². The third kappa shape index (κ3) is 8.92. The van der Waals surface area contributed by atoms with Crippen molar-refractivity contribution in [1.82, 2.24) is 0 Å². The smallest absolute Gasteiger partial charge is 0.283 e. The van der Waals surface area contributed by atoms with Crippen LogP contribution in [0.2, 0.25) is 0 Å². The van der Waals surface area contributed by atoms with E-state index in [1.165, 1.54) is 12.1 Å². The van der Waals surface area contributed by atoms with Crippen LogP contribution in [0.25, 0.3) is 11.1 Å². The average Bonchev–Trinajstić information content (AvgIpc) is 2.69. The van der Waals surface area contributed by atoms with Gasteiger partial charge < -0.3 is 4.74 Å². The molecule has 0 fully saturated rings. The van der Waals surface area contributed by atoms with Gasteiger partial charge in [0.25, 0.3) is 5.66 Å². The van der Waals surface area contributed by atoms with Gasteiger partial charge in [0, 0.05) is 5.56 Å². The first-order valence-corrected chi connectivity index (χ1v) is 10.5. The van der Waals surface area contributed by atoms with Gasteiger partial charge in [-0.25, -0.2) is 0 Å². The molecule has 2 aromatic rings. The minimum atomic E-state index is -2.91. The molecule has 1 atom stereocenters. The van der Waals surface area contributed by atoms with Gasteiger partial charge in [0.1, 0.15) is 5.75 Å². The lowest BCUT2D eigenvalue weighted by Gasteiger charge is -2.15. The number of aryl methyl sites for hydroxylation is 1. The van der Waals surface area contributed by atoms with Crippen molar-refractivity contribution in [1.29, 1.82) is 0 Å². The van der Waals surface area contributed by atoms with Crippen LogP contribution in [0.5, 0.6) is 5.75 Å². The maximum atomic E-state index is 13.3. The Balaban J connectivity index is 0.00000143. The third-order valence-corrected chi connectivity index (χ3v) is 4.36. The molecule has 0 bridgehead atoms. The van der Waals surface area contributed by atoms with E-state index >= 15 is 0 Å². The number of benzene rings is 2. The van der Waals surface area contributed by atoms with Crippen molar-refractivity contribution < 1.29 is 13.5 Å². The maximum Gasteiger partial charge on any atom is 0.283 e. The van der Waals surface area contributed by atoms with Crippen molar-refractivity contribution in [2.45, 2.75) is 60.6 Å². The molecule has 0 saturated heterocycles. The molecule has 2 aromatic carbocycles. The average molecular weight is 421 g/mol. The Morgan fingerprint density at radius 2 is 1.66 bits per heavy atom. The van der Waals surface area contributed by atoms with Crippen molar-refractivity contribution in [3.05, 3.63) is 77.6 Å². The topological polar surface area (TPSA) is 9.23 Å². The standard InChI is InChI=1S/C20H23F2OP.C3H6.C2H6/c1-5-13(2)12-23-19-11-14(3)10-18(15(19)4)16-6-8-17(9-7-16)20(21,22)24;1-3-2;1-2/h6-12H,5,24H2,1-4H3;3H,1H2,2H3;1-2H3/b13-12+;;. The molecule has 0 amide bonds. The number of ether oxygens (including phenoxy) is 1. The maximum absolute atomic E-state index is 13.3. The monoisotopic (exact) mass is 420 g/mol. The molecule has 0 aliphatic rings. The van der Waals surface area contributed by atoms with Crippen molar-refractivity contribution in [3.63, 3.8) is 0 Å². The largest absolute Gasteiger partial charge is 0.465 e. The Morgan fingerprint density at radius 3 is 2.10 bits per heavy atom. The lowest BCUT2D eigenvalue weighted by Crippen LogP contribution is -2.01. The van der Waals surface area contributed by atoms with Crippen molar-refractivity contribution in [3.8, 4) is 16.9 Å². The lowest BCUT2D eigenvalue weighted by molar-refractivity contribution is 0.104. The summed E-state index contributed by atoms with van der Waals surface area (Å²) < 4.78 is 32.5. The van der Waals surface area contributed by atoms with Crippen molar-refractivity contribution >= 4 is 9.24 Å². The molecule has 0 radical (unpaired) electrons. The fourth-order valence-corrected chi connectivity index (χ4v) is 2.56. The molecule has 0 heterocycles. The van der Waals surface area contributed by atoms with Crippen LogP contribution in [0.1, 0.15) is 57.7 Å². The minimum absolute atomic E-state index is 0.0143. The highest BCUT2D eigenvalue weighted by atomic mass is 31.0. The second-order valence-corrected chi connectivity index (χ2v) is 7.20. The number of hydrogen-bond donors (Lipinski definition) is 0. The molecule has 0 aromatic heterocycles. The van der Waals surface area contributed by atoms with Gasteiger partial charge in [-0.2, -0.15) is 8.78 Å². The first kappa shape index (κ1) is 27.0. The fraction of sp³-hybridized carbons (Fsp3) is 0.360. The second-order valence-electron chi connectivity index (χ2n) is 6.48. The van der Waals surface area contributed by atoms with Gasteiger partial charge in [-0.15, -0.1) is 6.58 Å². The van der Waals surface area contributed by atoms with Gasteiger partial charge in [0.15, 0.2) is 0 Å². The van der Waals surface area contributed by atoms with Gasteiger partial charge in [-0.1, -0.05) is 66.4 Å². The minimum Gasteiger partial charge on any atom is -0.465 e. The van der Waals surface area contributed by atoms with E-state index in [-0.39, 0.29) is 5.56 Å². The summed E-state index contributed by atoms with van der Waals surface area (Å²) in [4.78, 5) is 0. The molecule has 2 rings (SSSR count). The number of rotatable bonds is 5. The van der Waals surface area contributed by atoms with Crippen molar-refractivity contribution in [2.75, 3.05) is 0 Å². The Morgan fingerprint density at radius 1 is 1.14 bits per heavy atom. The van der Waals surface area contributed by atoms with Gasteiger partial charge in [-0.05, 0) is 68.0 Å². The summed E-state index contributed by atoms with van der Waals surface area (Å²) in [6, 6.07) is 10.4. The quantitative estimate of drug-likeness (QED) is 0.267. The molecule has 1 nitrogen and oxygen atoms in total. The summed E-state index contributed by atoms with van der Waals surface area (Å²) in [5.41, 5.74) is 2.18. The van der Waals surface area contributed by atoms with E-state index in [1.807, 2.05) is 53.7 Å². The zero-order valence-corrected chi connectivity index (χ0v) is 19.9. The van der Waals surface area contributed by atoms with E-state index in [0.29, 0.717) is 0 Å². The predicted octanol–water partition coefficient (Wildman–Crippen LogP) is 8.81. The van der Waals surface area contributed by atoms with Gasteiger partial charge in [0.05, 0.1) is 6.26 Å². The molecular weight excluding hydrogens is 385 g/mol. The Kier molecular flexibility index (Phi) is 12.4. The second kappa shape index (κ2) is 13.3. The van der Waals surface area contributed by atoms with Crippen LogP contribution in [0.4, 0.5) is 8.78 Å². The normalized spacial score (nSPS) is 10.9. The first-order valence-electron chi connectivity index (χ1n) is 9.92. The molecule has 0 aliphatic heterocycles. The summed E-state index contributed by atoms with van der Waals surface area (Å²) >= 11 is 0. The van der Waals surface area contributed by atoms with Crippen LogP contribution < -0.4 is 4.74 Å². The molecule has 0 aliphatic carbocycles. The van der Waals surface area contributed by atoms with Crippen LogP contribution in [0, 0.1) is 13.8 Å². The van der Waals surface area contributed by atoms with E-state index in [4.69, 9.17) is 4.74 Å². The van der Waals surface area contributed by atoms with Crippen LogP contribution in [-0.2, 0) is 5.66 Å². The molecule has 1 unspecified atom stereocenters. The molecular formula is C25H35F2OP. The summed E-state index contributed by atoms with van der Waals surface area (Å²) in [5, 5.41) is 0. The summed E-state index contributed by atoms with van der Waals surface area (Å²) in [6.07, 6.45) is 4.45. The van der Waals surface area contributed by atoms with E-state index in [1.54, 1.807) is 33.7 Å². The zero-order chi connectivity index (χ0) is 22.6. The molecule has 4 heteroatoms. The van der Waals surface area contributed by atoms with Crippen molar-refractivity contribution in [2.24, 2.45) is 0 Å². The molecule has 0 saturated carbocycles. The molecule has 0 N–H and O–H groups in total. The number of halogens is 2. The van der Waals surface area contributed by atoms with Crippen LogP contribution in [0.3, 0.4) is 0 Å². The fourth-order valence-electron chi connectivity index (χ4n) is 2.37. The number of hydrogen-bond acceptors (Lipinski definition) is 1. The number of alkyl halides is 2. The highest BCUT2D eigenvalue weighted by molar-refractivity contribution is 7.17. The summed E-state index contributed by atoms with van der Waals surface area (Å²) in [5.74, 6) is 0.790. The molecule has 0 spiro atoms. The molecule has 29 heavy (non-hydrogen) atoms. The van der Waals surface area contributed by atoms with Gasteiger partial charge >= 0.3 is 0 Å². The van der Waals surface area contributed by atoms with Crippen LogP contribution >= 0.6 is 9.24 Å². The number of allylic oxidation sites excluding steroid dienone is 2.